The Balaban J connectivity index is 1.46. The predicted octanol–water partition coefficient (Wildman–Crippen LogP) is 2.69. The molecule has 5 heterocycles. The number of aromatic nitrogens is 4. The molecule has 2 N–H and O–H groups in total. The van der Waals surface area contributed by atoms with Gasteiger partial charge in [-0.15, -0.1) is 0 Å². The minimum absolute atomic E-state index is 0.0367. The van der Waals surface area contributed by atoms with E-state index in [0.717, 1.165) is 57.0 Å². The number of nitrogens with zero attached hydrogens (tertiary/aromatic N) is 4. The van der Waals surface area contributed by atoms with Gasteiger partial charge in [0.25, 0.3) is 11.1 Å². The minimum atomic E-state index is -0.280. The highest BCUT2D eigenvalue weighted by Crippen LogP contribution is 2.33. The molecule has 2 saturated heterocycles. The van der Waals surface area contributed by atoms with Crippen LogP contribution in [0.4, 0.5) is 0 Å². The van der Waals surface area contributed by atoms with Gasteiger partial charge in [0, 0.05) is 37.3 Å². The molecule has 2 aromatic carbocycles. The molecule has 0 saturated carbocycles. The van der Waals surface area contributed by atoms with Crippen molar-refractivity contribution < 1.29 is 4.74 Å². The van der Waals surface area contributed by atoms with Crippen molar-refractivity contribution in [1.29, 1.82) is 0 Å². The normalized spacial score (nSPS) is 22.3. The number of hydrogen-bond donors (Lipinski definition) is 2. The highest BCUT2D eigenvalue weighted by molar-refractivity contribution is 5.94. The Labute approximate surface area is 207 Å². The van der Waals surface area contributed by atoms with E-state index in [2.05, 4.69) is 25.9 Å². The molecule has 2 fully saturated rings. The maximum Gasteiger partial charge on any atom is 0.275 e. The molecule has 3 aliphatic rings. The van der Waals surface area contributed by atoms with Gasteiger partial charge in [-0.2, -0.15) is 0 Å². The van der Waals surface area contributed by atoms with Gasteiger partial charge in [-0.3, -0.25) is 29.2 Å². The van der Waals surface area contributed by atoms with E-state index in [-0.39, 0.29) is 17.2 Å². The van der Waals surface area contributed by atoms with Crippen LogP contribution in [-0.2, 0) is 13.1 Å². The first kappa shape index (κ1) is 21.8. The lowest BCUT2D eigenvalue weighted by Gasteiger charge is -2.28. The Hall–Kier alpha value is -3.43. The van der Waals surface area contributed by atoms with Crippen LogP contribution in [0.3, 0.4) is 0 Å². The smallest absolute Gasteiger partial charge is 0.275 e. The van der Waals surface area contributed by atoms with Crippen molar-refractivity contribution in [3.05, 3.63) is 56.6 Å². The maximum atomic E-state index is 13.2. The molecule has 2 atom stereocenters. The molecule has 0 radical (unpaired) electrons. The van der Waals surface area contributed by atoms with Gasteiger partial charge in [0.2, 0.25) is 0 Å². The molecule has 0 spiro atoms. The number of aromatic amines is 2. The molecule has 3 aliphatic heterocycles. The van der Waals surface area contributed by atoms with Crippen molar-refractivity contribution in [3.8, 4) is 17.0 Å². The lowest BCUT2D eigenvalue weighted by atomic mass is 10.1. The van der Waals surface area contributed by atoms with E-state index in [1.165, 1.54) is 19.3 Å². The summed E-state index contributed by atoms with van der Waals surface area (Å²) in [7, 11) is 0. The molecule has 36 heavy (non-hydrogen) atoms. The standard InChI is InChI=1S/C27H30N6O3/c34-26-23-19-5-4-6-20-22(19)30-33(27(20)35)14-13-32-12-9-18(16-32)36-25-17(15-31-10-2-1-3-11-31)7-8-21(28-26)24(25)29-23/h4-8,18,30H,1-3,9-16H2,(H,28,34). The van der Waals surface area contributed by atoms with Crippen LogP contribution in [0.1, 0.15) is 31.2 Å². The molecule has 9 nitrogen and oxygen atoms in total. The first-order valence-corrected chi connectivity index (χ1v) is 13.0. The van der Waals surface area contributed by atoms with Crippen LogP contribution >= 0.6 is 0 Å². The third-order valence-corrected chi connectivity index (χ3v) is 7.94. The van der Waals surface area contributed by atoms with Crippen molar-refractivity contribution in [1.82, 2.24) is 29.5 Å². The average Bonchev–Trinajstić information content (AvgIpc) is 3.48. The highest BCUT2D eigenvalue weighted by atomic mass is 16.5. The van der Waals surface area contributed by atoms with E-state index in [9.17, 15) is 9.59 Å². The third-order valence-electron chi connectivity index (χ3n) is 7.94. The van der Waals surface area contributed by atoms with Gasteiger partial charge in [0.15, 0.2) is 5.75 Å². The van der Waals surface area contributed by atoms with E-state index in [1.54, 1.807) is 10.7 Å². The van der Waals surface area contributed by atoms with E-state index >= 15 is 0 Å². The zero-order valence-corrected chi connectivity index (χ0v) is 20.3. The van der Waals surface area contributed by atoms with Gasteiger partial charge in [0.1, 0.15) is 17.3 Å². The van der Waals surface area contributed by atoms with Crippen molar-refractivity contribution in [3.63, 3.8) is 0 Å². The SMILES string of the molecule is O=c1[nH]c2ccc(CN3CCCCC3)c3c2nc1-c1cccc2c(=O)n([nH]c12)CCN1CCC(C1)O3. The van der Waals surface area contributed by atoms with Crippen LogP contribution in [0.15, 0.2) is 39.9 Å². The number of H-pyrrole nitrogens is 2. The Morgan fingerprint density at radius 2 is 1.89 bits per heavy atom. The number of fused-ring (bicyclic) bond motifs is 5. The zero-order valence-electron chi connectivity index (χ0n) is 20.3. The first-order chi connectivity index (χ1) is 17.6. The summed E-state index contributed by atoms with van der Waals surface area (Å²) in [6.45, 7) is 6.03. The fourth-order valence-corrected chi connectivity index (χ4v) is 6.01. The summed E-state index contributed by atoms with van der Waals surface area (Å²) in [4.78, 5) is 39.1. The van der Waals surface area contributed by atoms with Gasteiger partial charge in [0.05, 0.1) is 23.0 Å². The number of nitrogens with one attached hydrogen (secondary N) is 2. The fourth-order valence-electron chi connectivity index (χ4n) is 6.01. The molecule has 0 aliphatic carbocycles. The van der Waals surface area contributed by atoms with Gasteiger partial charge in [-0.05, 0) is 44.5 Å². The number of likely N-dealkylation sites (tertiary alicyclic amines) is 1. The summed E-state index contributed by atoms with van der Waals surface area (Å²) in [6.07, 6.45) is 4.68. The molecule has 2 unspecified atom stereocenters. The van der Waals surface area contributed by atoms with Gasteiger partial charge < -0.3 is 9.72 Å². The number of benzene rings is 2. The number of ether oxygens (including phenoxy) is 1. The molecule has 9 heteroatoms. The molecule has 2 aromatic heterocycles. The maximum absolute atomic E-state index is 13.2. The summed E-state index contributed by atoms with van der Waals surface area (Å²) in [5, 5.41) is 3.84. The molecule has 4 aromatic rings. The monoisotopic (exact) mass is 486 g/mol. The van der Waals surface area contributed by atoms with Crippen LogP contribution < -0.4 is 15.9 Å². The number of hydrogen-bond acceptors (Lipinski definition) is 6. The van der Waals surface area contributed by atoms with Gasteiger partial charge >= 0.3 is 0 Å². The molecule has 6 bridgehead atoms. The predicted molar refractivity (Wildman–Crippen MR) is 139 cm³/mol. The quantitative estimate of drug-likeness (QED) is 0.452. The fraction of sp³-hybridized carbons (Fsp3) is 0.444. The molecule has 0 amide bonds. The van der Waals surface area contributed by atoms with Gasteiger partial charge in [-0.25, -0.2) is 4.98 Å². The van der Waals surface area contributed by atoms with Gasteiger partial charge in [-0.1, -0.05) is 24.6 Å². The van der Waals surface area contributed by atoms with Crippen molar-refractivity contribution in [2.24, 2.45) is 0 Å². The van der Waals surface area contributed by atoms with Crippen molar-refractivity contribution in [2.45, 2.75) is 44.9 Å². The van der Waals surface area contributed by atoms with Crippen LogP contribution in [0.5, 0.6) is 5.75 Å². The molecular formula is C27H30N6O3. The second-order valence-corrected chi connectivity index (χ2v) is 10.3. The molecule has 186 valence electrons. The van der Waals surface area contributed by atoms with Crippen molar-refractivity contribution in [2.75, 3.05) is 32.7 Å². The summed E-state index contributed by atoms with van der Waals surface area (Å²) in [5.41, 5.74) is 3.66. The van der Waals surface area contributed by atoms with Crippen LogP contribution in [-0.4, -0.2) is 68.4 Å². The molecular weight excluding hydrogens is 456 g/mol. The zero-order chi connectivity index (χ0) is 24.2. The van der Waals surface area contributed by atoms with Crippen LogP contribution in [0.25, 0.3) is 33.2 Å². The Morgan fingerprint density at radius 3 is 2.78 bits per heavy atom. The largest absolute Gasteiger partial charge is 0.486 e. The number of piperidine rings is 1. The van der Waals surface area contributed by atoms with Crippen molar-refractivity contribution >= 4 is 21.9 Å². The number of rotatable bonds is 2. The summed E-state index contributed by atoms with van der Waals surface area (Å²) < 4.78 is 8.37. The summed E-state index contributed by atoms with van der Waals surface area (Å²) in [6, 6.07) is 9.50. The third kappa shape index (κ3) is 3.65. The van der Waals surface area contributed by atoms with E-state index < -0.39 is 0 Å². The average molecular weight is 487 g/mol. The molecule has 7 rings (SSSR count). The van der Waals surface area contributed by atoms with E-state index in [0.29, 0.717) is 39.7 Å². The van der Waals surface area contributed by atoms with E-state index in [4.69, 9.17) is 9.72 Å². The summed E-state index contributed by atoms with van der Waals surface area (Å²) >= 11 is 0. The summed E-state index contributed by atoms with van der Waals surface area (Å²) in [5.74, 6) is 0.776. The second-order valence-electron chi connectivity index (χ2n) is 10.3. The number of para-hydroxylation sites is 1. The van der Waals surface area contributed by atoms with E-state index in [1.807, 2.05) is 18.2 Å². The second kappa shape index (κ2) is 8.60. The Bertz CT molecular complexity index is 1580. The topological polar surface area (TPSA) is 99.2 Å². The lowest BCUT2D eigenvalue weighted by molar-refractivity contribution is 0.188. The Kier molecular flexibility index (Phi) is 5.21. The first-order valence-electron chi connectivity index (χ1n) is 13.0. The lowest BCUT2D eigenvalue weighted by Crippen LogP contribution is -2.31. The Morgan fingerprint density at radius 1 is 1.00 bits per heavy atom. The van der Waals surface area contributed by atoms with Crippen LogP contribution in [0.2, 0.25) is 0 Å². The van der Waals surface area contributed by atoms with Crippen LogP contribution in [0, 0.1) is 0 Å². The minimum Gasteiger partial charge on any atom is -0.486 e. The highest BCUT2D eigenvalue weighted by Gasteiger charge is 2.28.